The standard InChI is InChI=1S/C11H17ClN6O/c1-2-14-10-15-9(12)16-11(17-10)18-5-3-4-7(6-18)8(13)19/h7H,2-6H2,1H3,(H2,13,19)(H,14,15,16,17). The summed E-state index contributed by atoms with van der Waals surface area (Å²) in [5.74, 6) is 0.490. The average molecular weight is 285 g/mol. The quantitative estimate of drug-likeness (QED) is 0.843. The third-order valence-electron chi connectivity index (χ3n) is 3.04. The van der Waals surface area contributed by atoms with Crippen LogP contribution in [0.4, 0.5) is 11.9 Å². The van der Waals surface area contributed by atoms with Crippen molar-refractivity contribution in [2.24, 2.45) is 11.7 Å². The van der Waals surface area contributed by atoms with Gasteiger partial charge >= 0.3 is 0 Å². The molecule has 0 aromatic carbocycles. The van der Waals surface area contributed by atoms with Crippen LogP contribution in [0.25, 0.3) is 0 Å². The second-order valence-corrected chi connectivity index (χ2v) is 4.78. The molecule has 0 radical (unpaired) electrons. The minimum Gasteiger partial charge on any atom is -0.369 e. The first-order valence-electron chi connectivity index (χ1n) is 6.30. The molecular weight excluding hydrogens is 268 g/mol. The van der Waals surface area contributed by atoms with Gasteiger partial charge in [-0.05, 0) is 31.4 Å². The second-order valence-electron chi connectivity index (χ2n) is 4.45. The second kappa shape index (κ2) is 6.01. The van der Waals surface area contributed by atoms with Gasteiger partial charge in [-0.2, -0.15) is 15.0 Å². The largest absolute Gasteiger partial charge is 0.369 e. The minimum absolute atomic E-state index is 0.141. The van der Waals surface area contributed by atoms with Crippen molar-refractivity contribution < 1.29 is 4.79 Å². The van der Waals surface area contributed by atoms with E-state index < -0.39 is 0 Å². The first-order chi connectivity index (χ1) is 9.10. The van der Waals surface area contributed by atoms with Gasteiger partial charge in [-0.25, -0.2) is 0 Å². The van der Waals surface area contributed by atoms with Crippen LogP contribution in [0, 0.1) is 5.92 Å². The van der Waals surface area contributed by atoms with E-state index in [2.05, 4.69) is 20.3 Å². The van der Waals surface area contributed by atoms with Crippen molar-refractivity contribution in [2.45, 2.75) is 19.8 Å². The summed E-state index contributed by atoms with van der Waals surface area (Å²) in [5.41, 5.74) is 5.36. The highest BCUT2D eigenvalue weighted by Gasteiger charge is 2.26. The molecule has 7 nitrogen and oxygen atoms in total. The fourth-order valence-electron chi connectivity index (χ4n) is 2.11. The normalized spacial score (nSPS) is 19.3. The number of halogens is 1. The number of carbonyl (C=O) groups excluding carboxylic acids is 1. The number of hydrogen-bond acceptors (Lipinski definition) is 6. The van der Waals surface area contributed by atoms with Gasteiger partial charge in [0.25, 0.3) is 0 Å². The lowest BCUT2D eigenvalue weighted by Gasteiger charge is -2.31. The molecule has 3 N–H and O–H groups in total. The van der Waals surface area contributed by atoms with Crippen molar-refractivity contribution in [2.75, 3.05) is 29.9 Å². The molecule has 8 heteroatoms. The summed E-state index contributed by atoms with van der Waals surface area (Å²) in [6.07, 6.45) is 1.69. The first-order valence-corrected chi connectivity index (χ1v) is 6.67. The lowest BCUT2D eigenvalue weighted by atomic mass is 9.98. The predicted molar refractivity (Wildman–Crippen MR) is 73.1 cm³/mol. The van der Waals surface area contributed by atoms with Crippen LogP contribution < -0.4 is 16.0 Å². The lowest BCUT2D eigenvalue weighted by Crippen LogP contribution is -2.42. The van der Waals surface area contributed by atoms with Crippen LogP contribution in [-0.2, 0) is 4.79 Å². The summed E-state index contributed by atoms with van der Waals surface area (Å²) >= 11 is 5.88. The Balaban J connectivity index is 2.18. The Morgan fingerprint density at radius 1 is 1.53 bits per heavy atom. The van der Waals surface area contributed by atoms with Crippen molar-refractivity contribution >= 4 is 29.4 Å². The van der Waals surface area contributed by atoms with E-state index in [9.17, 15) is 4.79 Å². The number of amides is 1. The zero-order chi connectivity index (χ0) is 13.8. The molecule has 1 amide bonds. The molecule has 1 aromatic heterocycles. The van der Waals surface area contributed by atoms with E-state index in [1.54, 1.807) is 0 Å². The summed E-state index contributed by atoms with van der Waals surface area (Å²) in [6, 6.07) is 0. The Labute approximate surface area is 116 Å². The van der Waals surface area contributed by atoms with Crippen molar-refractivity contribution in [3.05, 3.63) is 5.28 Å². The molecule has 0 aliphatic carbocycles. The molecule has 1 fully saturated rings. The van der Waals surface area contributed by atoms with Gasteiger partial charge in [0.2, 0.25) is 23.1 Å². The molecule has 0 spiro atoms. The summed E-state index contributed by atoms with van der Waals surface area (Å²) in [4.78, 5) is 25.6. The van der Waals surface area contributed by atoms with Crippen molar-refractivity contribution in [3.63, 3.8) is 0 Å². The number of aromatic nitrogens is 3. The van der Waals surface area contributed by atoms with E-state index in [4.69, 9.17) is 17.3 Å². The molecule has 1 aliphatic heterocycles. The molecule has 1 atom stereocenters. The minimum atomic E-state index is -0.281. The molecule has 1 unspecified atom stereocenters. The van der Waals surface area contributed by atoms with Crippen molar-refractivity contribution in [1.82, 2.24) is 15.0 Å². The number of rotatable bonds is 4. The molecule has 2 rings (SSSR count). The van der Waals surface area contributed by atoms with Crippen LogP contribution >= 0.6 is 11.6 Å². The van der Waals surface area contributed by atoms with E-state index in [0.29, 0.717) is 25.0 Å². The number of anilines is 2. The van der Waals surface area contributed by atoms with Gasteiger partial charge in [0, 0.05) is 19.6 Å². The fraction of sp³-hybridized carbons (Fsp3) is 0.636. The van der Waals surface area contributed by atoms with E-state index in [1.165, 1.54) is 0 Å². The summed E-state index contributed by atoms with van der Waals surface area (Å²) < 4.78 is 0. The van der Waals surface area contributed by atoms with Gasteiger partial charge in [-0.1, -0.05) is 0 Å². The number of piperidine rings is 1. The Hall–Kier alpha value is -1.63. The van der Waals surface area contributed by atoms with Crippen LogP contribution in [0.5, 0.6) is 0 Å². The lowest BCUT2D eigenvalue weighted by molar-refractivity contribution is -0.122. The maximum Gasteiger partial charge on any atom is 0.231 e. The van der Waals surface area contributed by atoms with Crippen LogP contribution in [0.1, 0.15) is 19.8 Å². The summed E-state index contributed by atoms with van der Waals surface area (Å²) in [7, 11) is 0. The summed E-state index contributed by atoms with van der Waals surface area (Å²) in [6.45, 7) is 3.96. The van der Waals surface area contributed by atoms with E-state index >= 15 is 0 Å². The Bertz CT molecular complexity index is 468. The molecule has 2 heterocycles. The molecule has 1 aliphatic rings. The monoisotopic (exact) mass is 284 g/mol. The number of nitrogens with one attached hydrogen (secondary N) is 1. The zero-order valence-electron chi connectivity index (χ0n) is 10.8. The van der Waals surface area contributed by atoms with Crippen molar-refractivity contribution in [3.8, 4) is 0 Å². The highest BCUT2D eigenvalue weighted by Crippen LogP contribution is 2.21. The molecule has 104 valence electrons. The molecule has 19 heavy (non-hydrogen) atoms. The van der Waals surface area contributed by atoms with E-state index in [1.807, 2.05) is 11.8 Å². The highest BCUT2D eigenvalue weighted by atomic mass is 35.5. The van der Waals surface area contributed by atoms with Gasteiger partial charge in [-0.3, -0.25) is 4.79 Å². The van der Waals surface area contributed by atoms with Crippen LogP contribution in [0.2, 0.25) is 5.28 Å². The smallest absolute Gasteiger partial charge is 0.231 e. The highest BCUT2D eigenvalue weighted by molar-refractivity contribution is 6.28. The average Bonchev–Trinajstić information content (AvgIpc) is 2.38. The van der Waals surface area contributed by atoms with Crippen LogP contribution in [0.3, 0.4) is 0 Å². The number of nitrogens with zero attached hydrogens (tertiary/aromatic N) is 4. The third-order valence-corrected chi connectivity index (χ3v) is 3.21. The van der Waals surface area contributed by atoms with Crippen LogP contribution in [0.15, 0.2) is 0 Å². The molecule has 0 saturated carbocycles. The Morgan fingerprint density at radius 3 is 3.00 bits per heavy atom. The molecule has 0 bridgehead atoms. The number of nitrogens with two attached hydrogens (primary N) is 1. The van der Waals surface area contributed by atoms with E-state index in [-0.39, 0.29) is 17.1 Å². The predicted octanol–water partition coefficient (Wildman–Crippen LogP) is 0.658. The Morgan fingerprint density at radius 2 is 2.32 bits per heavy atom. The zero-order valence-corrected chi connectivity index (χ0v) is 11.5. The van der Waals surface area contributed by atoms with Gasteiger partial charge < -0.3 is 16.0 Å². The number of primary amides is 1. The third kappa shape index (κ3) is 3.44. The molecular formula is C11H17ClN6O. The Kier molecular flexibility index (Phi) is 4.36. The van der Waals surface area contributed by atoms with Crippen molar-refractivity contribution in [1.29, 1.82) is 0 Å². The fourth-order valence-corrected chi connectivity index (χ4v) is 2.26. The van der Waals surface area contributed by atoms with Gasteiger partial charge in [0.1, 0.15) is 0 Å². The maximum atomic E-state index is 11.3. The van der Waals surface area contributed by atoms with E-state index in [0.717, 1.165) is 19.4 Å². The van der Waals surface area contributed by atoms with Gasteiger partial charge in [0.15, 0.2) is 0 Å². The molecule has 1 saturated heterocycles. The van der Waals surface area contributed by atoms with Crippen LogP contribution in [-0.4, -0.2) is 40.5 Å². The first kappa shape index (κ1) is 13.8. The molecule has 1 aromatic rings. The SMILES string of the molecule is CCNc1nc(Cl)nc(N2CCCC(C(N)=O)C2)n1. The number of carbonyl (C=O) groups is 1. The summed E-state index contributed by atoms with van der Waals surface area (Å²) in [5, 5.41) is 3.14. The number of hydrogen-bond donors (Lipinski definition) is 2. The maximum absolute atomic E-state index is 11.3. The van der Waals surface area contributed by atoms with Gasteiger partial charge in [0.05, 0.1) is 5.92 Å². The topological polar surface area (TPSA) is 97.0 Å². The van der Waals surface area contributed by atoms with Gasteiger partial charge in [-0.15, -0.1) is 0 Å².